The van der Waals surface area contributed by atoms with Gasteiger partial charge in [0.05, 0.1) is 5.41 Å². The van der Waals surface area contributed by atoms with E-state index < -0.39 is 11.4 Å². The summed E-state index contributed by atoms with van der Waals surface area (Å²) in [6.45, 7) is 4.01. The van der Waals surface area contributed by atoms with E-state index >= 15 is 0 Å². The highest BCUT2D eigenvalue weighted by Gasteiger charge is 2.33. The maximum Gasteiger partial charge on any atom is 0.339 e. The normalized spacial score (nSPS) is 11.2. The molecule has 1 rings (SSSR count). The number of carboxylic acids is 1. The number of anilines is 1. The van der Waals surface area contributed by atoms with Gasteiger partial charge in [-0.05, 0) is 25.0 Å². The molecular weight excluding hydrogens is 260 g/mol. The van der Waals surface area contributed by atoms with Gasteiger partial charge in [-0.2, -0.15) is 0 Å². The van der Waals surface area contributed by atoms with Crippen LogP contribution in [0.15, 0.2) is 18.2 Å². The Balaban J connectivity index is 2.96. The second kappa shape index (κ2) is 6.38. The number of phenols is 1. The van der Waals surface area contributed by atoms with E-state index in [0.29, 0.717) is 18.5 Å². The van der Waals surface area contributed by atoms with Crippen LogP contribution in [-0.4, -0.2) is 28.6 Å². The molecule has 5 N–H and O–H groups in total. The number of carbonyl (C=O) groups is 2. The third kappa shape index (κ3) is 3.08. The number of rotatable bonds is 6. The largest absolute Gasteiger partial charge is 0.507 e. The highest BCUT2D eigenvalue weighted by Crippen LogP contribution is 2.28. The topological polar surface area (TPSA) is 113 Å². The van der Waals surface area contributed by atoms with Gasteiger partial charge in [0.25, 0.3) is 0 Å². The summed E-state index contributed by atoms with van der Waals surface area (Å²) in [6, 6.07) is 3.90. The van der Waals surface area contributed by atoms with Crippen molar-refractivity contribution in [1.82, 2.24) is 0 Å². The van der Waals surface area contributed by atoms with Crippen LogP contribution in [0.1, 0.15) is 37.0 Å². The molecule has 6 heteroatoms. The maximum absolute atomic E-state index is 12.3. The second-order valence-electron chi connectivity index (χ2n) is 4.68. The minimum atomic E-state index is -1.22. The van der Waals surface area contributed by atoms with Crippen LogP contribution in [0, 0.1) is 5.41 Å². The van der Waals surface area contributed by atoms with Crippen molar-refractivity contribution in [3.05, 3.63) is 23.8 Å². The number of benzene rings is 1. The molecule has 20 heavy (non-hydrogen) atoms. The number of aromatic carboxylic acids is 1. The molecule has 0 unspecified atom stereocenters. The first-order chi connectivity index (χ1) is 9.40. The van der Waals surface area contributed by atoms with Crippen LogP contribution in [0.3, 0.4) is 0 Å². The van der Waals surface area contributed by atoms with Gasteiger partial charge >= 0.3 is 5.97 Å². The summed E-state index contributed by atoms with van der Waals surface area (Å²) in [7, 11) is 0. The fourth-order valence-electron chi connectivity index (χ4n) is 2.01. The number of amides is 1. The van der Waals surface area contributed by atoms with Crippen molar-refractivity contribution in [1.29, 1.82) is 0 Å². The summed E-state index contributed by atoms with van der Waals surface area (Å²) in [6.07, 6.45) is 1.20. The molecule has 110 valence electrons. The number of nitrogens with one attached hydrogen (secondary N) is 1. The summed E-state index contributed by atoms with van der Waals surface area (Å²) in [5.41, 5.74) is 5.17. The summed E-state index contributed by atoms with van der Waals surface area (Å²) < 4.78 is 0. The fourth-order valence-corrected chi connectivity index (χ4v) is 2.01. The molecule has 0 fully saturated rings. The number of hydrogen-bond donors (Lipinski definition) is 4. The molecule has 0 aromatic heterocycles. The van der Waals surface area contributed by atoms with E-state index in [1.165, 1.54) is 18.2 Å². The Labute approximate surface area is 117 Å². The van der Waals surface area contributed by atoms with Crippen molar-refractivity contribution in [3.63, 3.8) is 0 Å². The highest BCUT2D eigenvalue weighted by molar-refractivity contribution is 5.97. The molecule has 0 saturated heterocycles. The van der Waals surface area contributed by atoms with Gasteiger partial charge in [0.2, 0.25) is 5.91 Å². The minimum Gasteiger partial charge on any atom is -0.507 e. The van der Waals surface area contributed by atoms with Crippen molar-refractivity contribution in [2.45, 2.75) is 26.7 Å². The first kappa shape index (κ1) is 16.0. The molecular formula is C14H20N2O4. The van der Waals surface area contributed by atoms with Crippen molar-refractivity contribution in [3.8, 4) is 5.75 Å². The first-order valence-corrected chi connectivity index (χ1v) is 6.48. The van der Waals surface area contributed by atoms with Crippen LogP contribution >= 0.6 is 0 Å². The lowest BCUT2D eigenvalue weighted by Gasteiger charge is -2.28. The molecule has 1 aromatic rings. The van der Waals surface area contributed by atoms with Gasteiger partial charge in [-0.25, -0.2) is 4.79 Å². The summed E-state index contributed by atoms with van der Waals surface area (Å²) >= 11 is 0. The second-order valence-corrected chi connectivity index (χ2v) is 4.68. The van der Waals surface area contributed by atoms with E-state index in [0.717, 1.165) is 0 Å². The van der Waals surface area contributed by atoms with Crippen LogP contribution < -0.4 is 11.1 Å². The van der Waals surface area contributed by atoms with Gasteiger partial charge in [-0.1, -0.05) is 13.8 Å². The molecule has 0 aliphatic carbocycles. The zero-order valence-electron chi connectivity index (χ0n) is 11.6. The Morgan fingerprint density at radius 2 is 1.90 bits per heavy atom. The van der Waals surface area contributed by atoms with Crippen LogP contribution in [0.5, 0.6) is 5.75 Å². The van der Waals surface area contributed by atoms with Crippen molar-refractivity contribution >= 4 is 17.6 Å². The lowest BCUT2D eigenvalue weighted by Crippen LogP contribution is -2.41. The first-order valence-electron chi connectivity index (χ1n) is 6.48. The number of carboxylic acid groups (broad SMARTS) is 1. The fraction of sp³-hybridized carbons (Fsp3) is 0.429. The van der Waals surface area contributed by atoms with Gasteiger partial charge in [0.1, 0.15) is 11.3 Å². The lowest BCUT2D eigenvalue weighted by molar-refractivity contribution is -0.125. The van der Waals surface area contributed by atoms with E-state index in [4.69, 9.17) is 10.8 Å². The zero-order valence-corrected chi connectivity index (χ0v) is 11.6. The molecule has 0 bridgehead atoms. The van der Waals surface area contributed by atoms with Gasteiger partial charge in [-0.3, -0.25) is 4.79 Å². The smallest absolute Gasteiger partial charge is 0.339 e. The molecule has 6 nitrogen and oxygen atoms in total. The van der Waals surface area contributed by atoms with E-state index in [-0.39, 0.29) is 23.8 Å². The third-order valence-corrected chi connectivity index (χ3v) is 3.71. The Kier molecular flexibility index (Phi) is 5.10. The predicted octanol–water partition coefficient (Wildman–Crippen LogP) is 1.79. The minimum absolute atomic E-state index is 0.209. The Morgan fingerprint density at radius 3 is 2.30 bits per heavy atom. The predicted molar refractivity (Wildman–Crippen MR) is 75.8 cm³/mol. The van der Waals surface area contributed by atoms with Crippen LogP contribution in [0.25, 0.3) is 0 Å². The quantitative estimate of drug-likeness (QED) is 0.634. The molecule has 0 heterocycles. The van der Waals surface area contributed by atoms with Crippen LogP contribution in [0.4, 0.5) is 5.69 Å². The van der Waals surface area contributed by atoms with Gasteiger partial charge < -0.3 is 21.3 Å². The van der Waals surface area contributed by atoms with E-state index in [9.17, 15) is 14.7 Å². The maximum atomic E-state index is 12.3. The number of nitrogens with two attached hydrogens (primary N) is 1. The average molecular weight is 280 g/mol. The summed E-state index contributed by atoms with van der Waals surface area (Å²) in [5.74, 6) is -1.84. The van der Waals surface area contributed by atoms with Gasteiger partial charge in [0.15, 0.2) is 0 Å². The van der Waals surface area contributed by atoms with Crippen molar-refractivity contribution < 1.29 is 19.8 Å². The SMILES string of the molecule is CCC(CC)(CN)C(=O)Nc1ccc(C(=O)O)c(O)c1. The van der Waals surface area contributed by atoms with E-state index in [2.05, 4.69) is 5.32 Å². The zero-order chi connectivity index (χ0) is 15.3. The molecule has 0 atom stereocenters. The lowest BCUT2D eigenvalue weighted by atomic mass is 9.81. The third-order valence-electron chi connectivity index (χ3n) is 3.71. The van der Waals surface area contributed by atoms with Crippen molar-refractivity contribution in [2.75, 3.05) is 11.9 Å². The van der Waals surface area contributed by atoms with Crippen LogP contribution in [-0.2, 0) is 4.79 Å². The molecule has 1 amide bonds. The van der Waals surface area contributed by atoms with Crippen molar-refractivity contribution in [2.24, 2.45) is 11.1 Å². The molecule has 0 aliphatic rings. The standard InChI is InChI=1S/C14H20N2O4/c1-3-14(4-2,8-15)13(20)16-9-5-6-10(12(18)19)11(17)7-9/h5-7,17H,3-4,8,15H2,1-2H3,(H,16,20)(H,18,19). The number of carbonyl (C=O) groups excluding carboxylic acids is 1. The Bertz CT molecular complexity index is 502. The highest BCUT2D eigenvalue weighted by atomic mass is 16.4. The van der Waals surface area contributed by atoms with Gasteiger partial charge in [0, 0.05) is 18.3 Å². The summed E-state index contributed by atoms with van der Waals surface area (Å²) in [4.78, 5) is 23.1. The Morgan fingerprint density at radius 1 is 1.30 bits per heavy atom. The molecule has 0 saturated carbocycles. The number of hydrogen-bond acceptors (Lipinski definition) is 4. The molecule has 0 radical (unpaired) electrons. The number of aromatic hydroxyl groups is 1. The Hall–Kier alpha value is -2.08. The van der Waals surface area contributed by atoms with Crippen LogP contribution in [0.2, 0.25) is 0 Å². The van der Waals surface area contributed by atoms with E-state index in [1.807, 2.05) is 13.8 Å². The monoisotopic (exact) mass is 280 g/mol. The average Bonchev–Trinajstić information content (AvgIpc) is 2.41. The summed E-state index contributed by atoms with van der Waals surface area (Å²) in [5, 5.41) is 21.1. The van der Waals surface area contributed by atoms with Gasteiger partial charge in [-0.15, -0.1) is 0 Å². The van der Waals surface area contributed by atoms with E-state index in [1.54, 1.807) is 0 Å². The molecule has 1 aromatic carbocycles. The molecule has 0 aliphatic heterocycles. The molecule has 0 spiro atoms.